The zero-order chi connectivity index (χ0) is 23.8. The maximum atomic E-state index is 10.6. The van der Waals surface area contributed by atoms with Crippen LogP contribution in [0.4, 0.5) is 30.6 Å². The van der Waals surface area contributed by atoms with Gasteiger partial charge in [-0.05, 0) is 29.8 Å². The number of nitrogens with zero attached hydrogens (tertiary/aromatic N) is 4. The highest BCUT2D eigenvalue weighted by Crippen LogP contribution is 2.19. The minimum atomic E-state index is -5.08. The van der Waals surface area contributed by atoms with Crippen LogP contribution in [-0.4, -0.2) is 54.3 Å². The van der Waals surface area contributed by atoms with Crippen molar-refractivity contribution in [2.45, 2.75) is 12.3 Å². The number of carbonyl (C=O) groups is 1. The first-order chi connectivity index (χ1) is 15.7. The third-order valence-electron chi connectivity index (χ3n) is 4.13. The third kappa shape index (κ3) is 6.87. The summed E-state index contributed by atoms with van der Waals surface area (Å²) in [5.74, 6) is -1.68. The molecule has 13 heteroatoms. The highest BCUT2D eigenvalue weighted by atomic mass is 19.4. The van der Waals surface area contributed by atoms with Crippen LogP contribution < -0.4 is 10.6 Å². The van der Waals surface area contributed by atoms with Gasteiger partial charge in [0, 0.05) is 18.4 Å². The topological polar surface area (TPSA) is 149 Å². The number of hydrogen-bond acceptors (Lipinski definition) is 8. The number of hydrogen-bond donors (Lipinski definition) is 5. The maximum absolute atomic E-state index is 10.6. The summed E-state index contributed by atoms with van der Waals surface area (Å²) in [6.45, 7) is 0.353. The van der Waals surface area contributed by atoms with E-state index < -0.39 is 18.2 Å². The number of aromatic nitrogens is 5. The molecule has 0 radical (unpaired) electrons. The lowest BCUT2D eigenvalue weighted by Crippen LogP contribution is -2.21. The average molecular weight is 461 g/mol. The first-order valence-electron chi connectivity index (χ1n) is 9.40. The second-order valence-corrected chi connectivity index (χ2v) is 6.53. The van der Waals surface area contributed by atoms with Crippen LogP contribution >= 0.6 is 0 Å². The smallest absolute Gasteiger partial charge is 0.475 e. The lowest BCUT2D eigenvalue weighted by molar-refractivity contribution is -0.192. The van der Waals surface area contributed by atoms with Gasteiger partial charge < -0.3 is 20.8 Å². The van der Waals surface area contributed by atoms with Crippen molar-refractivity contribution in [3.63, 3.8) is 0 Å². The molecule has 33 heavy (non-hydrogen) atoms. The summed E-state index contributed by atoms with van der Waals surface area (Å²) in [4.78, 5) is 17.5. The van der Waals surface area contributed by atoms with Gasteiger partial charge in [0.05, 0.1) is 6.10 Å². The molecule has 0 bridgehead atoms. The van der Waals surface area contributed by atoms with E-state index in [0.29, 0.717) is 18.3 Å². The summed E-state index contributed by atoms with van der Waals surface area (Å²) < 4.78 is 31.7. The fraction of sp³-hybridized carbons (Fsp3) is 0.150. The molecule has 5 N–H and O–H groups in total. The van der Waals surface area contributed by atoms with E-state index in [0.717, 1.165) is 22.3 Å². The Kier molecular flexibility index (Phi) is 7.35. The van der Waals surface area contributed by atoms with Gasteiger partial charge in [-0.3, -0.25) is 0 Å². The fourth-order valence-corrected chi connectivity index (χ4v) is 2.56. The Morgan fingerprint density at radius 2 is 1.76 bits per heavy atom. The number of nitrogens with one attached hydrogen (secondary N) is 3. The van der Waals surface area contributed by atoms with Crippen molar-refractivity contribution in [2.75, 3.05) is 17.2 Å². The first kappa shape index (κ1) is 23.4. The SMILES string of the molecule is O=C(O)C(F)(F)F.OC(CNc1ccnc(Nc2ccc3n[nH]nc3c2)n1)c1ccccc1. The summed E-state index contributed by atoms with van der Waals surface area (Å²) >= 11 is 0. The number of anilines is 3. The lowest BCUT2D eigenvalue weighted by Gasteiger charge is -2.13. The third-order valence-corrected chi connectivity index (χ3v) is 4.13. The summed E-state index contributed by atoms with van der Waals surface area (Å²) in [7, 11) is 0. The normalized spacial score (nSPS) is 11.9. The molecule has 1 unspecified atom stereocenters. The van der Waals surface area contributed by atoms with E-state index in [1.165, 1.54) is 0 Å². The molecule has 10 nitrogen and oxygen atoms in total. The number of benzene rings is 2. The molecule has 1 atom stereocenters. The molecule has 0 fully saturated rings. The molecule has 0 saturated heterocycles. The summed E-state index contributed by atoms with van der Waals surface area (Å²) in [5, 5.41) is 34.3. The van der Waals surface area contributed by atoms with Crippen molar-refractivity contribution in [3.05, 3.63) is 66.4 Å². The highest BCUT2D eigenvalue weighted by Gasteiger charge is 2.38. The molecule has 0 amide bonds. The van der Waals surface area contributed by atoms with E-state index in [2.05, 4.69) is 36.0 Å². The molecule has 4 aromatic rings. The van der Waals surface area contributed by atoms with E-state index in [9.17, 15) is 18.3 Å². The molecular formula is C20H18F3N7O3. The Morgan fingerprint density at radius 3 is 2.45 bits per heavy atom. The van der Waals surface area contributed by atoms with Gasteiger partial charge in [0.25, 0.3) is 0 Å². The van der Waals surface area contributed by atoms with Crippen LogP contribution in [0.15, 0.2) is 60.8 Å². The molecule has 172 valence electrons. The number of rotatable bonds is 6. The van der Waals surface area contributed by atoms with E-state index in [1.807, 2.05) is 48.5 Å². The highest BCUT2D eigenvalue weighted by molar-refractivity contribution is 5.78. The number of H-pyrrole nitrogens is 1. The number of carboxylic acid groups (broad SMARTS) is 1. The van der Waals surface area contributed by atoms with Crippen LogP contribution in [0.5, 0.6) is 0 Å². The molecule has 0 aliphatic rings. The number of fused-ring (bicyclic) bond motifs is 1. The zero-order valence-corrected chi connectivity index (χ0v) is 16.8. The fourth-order valence-electron chi connectivity index (χ4n) is 2.56. The van der Waals surface area contributed by atoms with Crippen LogP contribution in [0.2, 0.25) is 0 Å². The Labute approximate surface area is 184 Å². The summed E-state index contributed by atoms with van der Waals surface area (Å²) in [6.07, 6.45) is -4.04. The average Bonchev–Trinajstić information content (AvgIpc) is 3.26. The van der Waals surface area contributed by atoms with Gasteiger partial charge in [0.2, 0.25) is 5.95 Å². The van der Waals surface area contributed by atoms with Crippen molar-refractivity contribution < 1.29 is 28.2 Å². The molecule has 2 heterocycles. The second-order valence-electron chi connectivity index (χ2n) is 6.53. The molecule has 2 aromatic carbocycles. The molecule has 2 aromatic heterocycles. The Bertz CT molecular complexity index is 1200. The van der Waals surface area contributed by atoms with Gasteiger partial charge in [-0.15, -0.1) is 0 Å². The van der Waals surface area contributed by atoms with Gasteiger partial charge in [0.1, 0.15) is 16.9 Å². The first-order valence-corrected chi connectivity index (χ1v) is 9.40. The van der Waals surface area contributed by atoms with Crippen LogP contribution in [-0.2, 0) is 4.79 Å². The second kappa shape index (κ2) is 10.4. The van der Waals surface area contributed by atoms with E-state index >= 15 is 0 Å². The van der Waals surface area contributed by atoms with Gasteiger partial charge in [0.15, 0.2) is 0 Å². The van der Waals surface area contributed by atoms with E-state index in [-0.39, 0.29) is 0 Å². The van der Waals surface area contributed by atoms with Crippen molar-refractivity contribution in [1.29, 1.82) is 0 Å². The van der Waals surface area contributed by atoms with Crippen molar-refractivity contribution in [2.24, 2.45) is 0 Å². The number of carboxylic acids is 1. The van der Waals surface area contributed by atoms with Crippen LogP contribution in [0.25, 0.3) is 11.0 Å². The Morgan fingerprint density at radius 1 is 1.06 bits per heavy atom. The lowest BCUT2D eigenvalue weighted by atomic mass is 10.1. The van der Waals surface area contributed by atoms with Gasteiger partial charge in [-0.2, -0.15) is 33.6 Å². The molecule has 0 saturated carbocycles. The number of alkyl halides is 3. The van der Waals surface area contributed by atoms with E-state index in [1.54, 1.807) is 12.3 Å². The summed E-state index contributed by atoms with van der Waals surface area (Å²) in [6, 6.07) is 16.9. The summed E-state index contributed by atoms with van der Waals surface area (Å²) in [5.41, 5.74) is 3.22. The van der Waals surface area contributed by atoms with Crippen molar-refractivity contribution in [3.8, 4) is 0 Å². The molecule has 0 aliphatic carbocycles. The number of aliphatic hydroxyl groups is 1. The van der Waals surface area contributed by atoms with Crippen molar-refractivity contribution >= 4 is 34.5 Å². The zero-order valence-electron chi connectivity index (χ0n) is 16.8. The van der Waals surface area contributed by atoms with Gasteiger partial charge in [-0.1, -0.05) is 30.3 Å². The van der Waals surface area contributed by atoms with Gasteiger partial charge >= 0.3 is 12.1 Å². The quantitative estimate of drug-likeness (QED) is 0.292. The molecular weight excluding hydrogens is 443 g/mol. The molecule has 0 spiro atoms. The monoisotopic (exact) mass is 461 g/mol. The van der Waals surface area contributed by atoms with Gasteiger partial charge in [-0.25, -0.2) is 9.78 Å². The van der Waals surface area contributed by atoms with E-state index in [4.69, 9.17) is 9.90 Å². The van der Waals surface area contributed by atoms with Crippen LogP contribution in [0.1, 0.15) is 11.7 Å². The predicted molar refractivity (Wildman–Crippen MR) is 113 cm³/mol. The Balaban J connectivity index is 0.000000383. The largest absolute Gasteiger partial charge is 0.490 e. The predicted octanol–water partition coefficient (Wildman–Crippen LogP) is 3.27. The maximum Gasteiger partial charge on any atom is 0.490 e. The molecule has 0 aliphatic heterocycles. The number of aromatic amines is 1. The minimum Gasteiger partial charge on any atom is -0.475 e. The molecule has 4 rings (SSSR count). The van der Waals surface area contributed by atoms with Crippen LogP contribution in [0.3, 0.4) is 0 Å². The number of aliphatic hydroxyl groups excluding tert-OH is 1. The number of aliphatic carboxylic acids is 1. The number of halogens is 3. The standard InChI is InChI=1S/C18H17N7O.C2HF3O2/c26-16(12-4-2-1-3-5-12)11-20-17-8-9-19-18(22-17)21-13-6-7-14-15(10-13)24-25-23-14;3-2(4,5)1(6)7/h1-10,16,26H,11H2,(H,23,24,25)(H2,19,20,21,22);(H,6,7). The van der Waals surface area contributed by atoms with Crippen LogP contribution in [0, 0.1) is 0 Å². The Hall–Kier alpha value is -4.26. The van der Waals surface area contributed by atoms with Crippen molar-refractivity contribution in [1.82, 2.24) is 25.4 Å². The minimum absolute atomic E-state index is 0.353.